The molecule has 6 heteroatoms. The summed E-state index contributed by atoms with van der Waals surface area (Å²) in [5.74, 6) is -0.891. The van der Waals surface area contributed by atoms with Gasteiger partial charge < -0.3 is 10.1 Å². The van der Waals surface area contributed by atoms with Gasteiger partial charge in [0.05, 0.1) is 21.7 Å². The molecule has 0 saturated heterocycles. The second kappa shape index (κ2) is 8.88. The van der Waals surface area contributed by atoms with Crippen LogP contribution in [0.25, 0.3) is 21.5 Å². The van der Waals surface area contributed by atoms with Gasteiger partial charge in [0.25, 0.3) is 5.91 Å². The fraction of sp³-hybridized carbons (Fsp3) is 0.125. The van der Waals surface area contributed by atoms with E-state index in [4.69, 9.17) is 4.74 Å². The molecule has 0 bridgehead atoms. The number of ether oxygens (including phenoxy) is 1. The maximum absolute atomic E-state index is 12.9. The van der Waals surface area contributed by atoms with Gasteiger partial charge in [-0.2, -0.15) is 0 Å². The third-order valence-electron chi connectivity index (χ3n) is 4.67. The molecule has 0 saturated carbocycles. The standard InChI is InChI=1S/C24H20N2O3S/c1-16(23(27)25-15-17-8-3-2-4-9-17)29-24(28)19-14-21(22-12-7-13-30-22)26-20-11-6-5-10-18(19)20/h2-14,16H,15H2,1H3,(H,25,27)/t16-/m1/s1. The number of hydrogen-bond donors (Lipinski definition) is 1. The van der Waals surface area contributed by atoms with Crippen molar-refractivity contribution in [1.29, 1.82) is 0 Å². The molecule has 0 unspecified atom stereocenters. The number of carbonyl (C=O) groups excluding carboxylic acids is 2. The van der Waals surface area contributed by atoms with Gasteiger partial charge in [-0.1, -0.05) is 54.6 Å². The summed E-state index contributed by atoms with van der Waals surface area (Å²) < 4.78 is 5.49. The molecule has 1 amide bonds. The van der Waals surface area contributed by atoms with Crippen molar-refractivity contribution < 1.29 is 14.3 Å². The molecule has 2 aromatic heterocycles. The van der Waals surface area contributed by atoms with Gasteiger partial charge in [-0.05, 0) is 36.1 Å². The topological polar surface area (TPSA) is 68.3 Å². The van der Waals surface area contributed by atoms with Crippen molar-refractivity contribution >= 4 is 34.1 Å². The Balaban J connectivity index is 1.53. The highest BCUT2D eigenvalue weighted by atomic mass is 32.1. The van der Waals surface area contributed by atoms with E-state index in [2.05, 4.69) is 10.3 Å². The quantitative estimate of drug-likeness (QED) is 0.457. The number of hydrogen-bond acceptors (Lipinski definition) is 5. The van der Waals surface area contributed by atoms with E-state index in [-0.39, 0.29) is 5.91 Å². The molecule has 30 heavy (non-hydrogen) atoms. The molecule has 2 aromatic carbocycles. The Labute approximate surface area is 178 Å². The van der Waals surface area contributed by atoms with Crippen LogP contribution in [-0.2, 0) is 16.1 Å². The smallest absolute Gasteiger partial charge is 0.339 e. The molecule has 4 aromatic rings. The van der Waals surface area contributed by atoms with E-state index in [1.807, 2.05) is 72.1 Å². The summed E-state index contributed by atoms with van der Waals surface area (Å²) in [5.41, 5.74) is 2.78. The molecule has 5 nitrogen and oxygen atoms in total. The number of aromatic nitrogens is 1. The summed E-state index contributed by atoms with van der Waals surface area (Å²) in [5, 5.41) is 5.46. The van der Waals surface area contributed by atoms with E-state index in [0.717, 1.165) is 10.4 Å². The minimum absolute atomic E-state index is 0.343. The van der Waals surface area contributed by atoms with Crippen molar-refractivity contribution in [3.63, 3.8) is 0 Å². The molecule has 0 aliphatic carbocycles. The van der Waals surface area contributed by atoms with E-state index in [1.165, 1.54) is 0 Å². The minimum atomic E-state index is -0.918. The van der Waals surface area contributed by atoms with Crippen LogP contribution in [0.3, 0.4) is 0 Å². The number of amides is 1. The summed E-state index contributed by atoms with van der Waals surface area (Å²) >= 11 is 1.55. The predicted molar refractivity (Wildman–Crippen MR) is 118 cm³/mol. The van der Waals surface area contributed by atoms with Crippen LogP contribution in [0.5, 0.6) is 0 Å². The maximum Gasteiger partial charge on any atom is 0.339 e. The van der Waals surface area contributed by atoms with E-state index < -0.39 is 12.1 Å². The number of benzene rings is 2. The van der Waals surface area contributed by atoms with Crippen molar-refractivity contribution in [2.75, 3.05) is 0 Å². The molecule has 0 spiro atoms. The Morgan fingerprint density at radius 2 is 1.80 bits per heavy atom. The maximum atomic E-state index is 12.9. The van der Waals surface area contributed by atoms with Crippen LogP contribution >= 0.6 is 11.3 Å². The Morgan fingerprint density at radius 3 is 2.57 bits per heavy atom. The van der Waals surface area contributed by atoms with E-state index in [9.17, 15) is 9.59 Å². The lowest BCUT2D eigenvalue weighted by Crippen LogP contribution is -2.35. The first-order valence-electron chi connectivity index (χ1n) is 9.58. The molecular weight excluding hydrogens is 396 g/mol. The summed E-state index contributed by atoms with van der Waals surface area (Å²) in [4.78, 5) is 31.0. The third kappa shape index (κ3) is 4.39. The number of pyridine rings is 1. The SMILES string of the molecule is C[C@@H](OC(=O)c1cc(-c2cccs2)nc2ccccc12)C(=O)NCc1ccccc1. The number of nitrogens with one attached hydrogen (secondary N) is 1. The van der Waals surface area contributed by atoms with Crippen LogP contribution in [0.15, 0.2) is 78.2 Å². The molecule has 0 aliphatic rings. The molecule has 0 radical (unpaired) electrons. The monoisotopic (exact) mass is 416 g/mol. The van der Waals surface area contributed by atoms with Crippen LogP contribution in [-0.4, -0.2) is 23.0 Å². The van der Waals surface area contributed by atoms with Gasteiger partial charge in [0, 0.05) is 11.9 Å². The highest BCUT2D eigenvalue weighted by Crippen LogP contribution is 2.28. The van der Waals surface area contributed by atoms with Crippen LogP contribution in [0.2, 0.25) is 0 Å². The van der Waals surface area contributed by atoms with Gasteiger partial charge in [0.1, 0.15) is 0 Å². The normalized spacial score (nSPS) is 11.8. The lowest BCUT2D eigenvalue weighted by atomic mass is 10.1. The Hall–Kier alpha value is -3.51. The predicted octanol–water partition coefficient (Wildman–Crippen LogP) is 4.83. The van der Waals surface area contributed by atoms with Crippen molar-refractivity contribution in [2.24, 2.45) is 0 Å². The van der Waals surface area contributed by atoms with Gasteiger partial charge >= 0.3 is 5.97 Å². The first-order chi connectivity index (χ1) is 14.6. The Morgan fingerprint density at radius 1 is 1.03 bits per heavy atom. The first-order valence-corrected chi connectivity index (χ1v) is 10.5. The van der Waals surface area contributed by atoms with E-state index in [1.54, 1.807) is 24.3 Å². The van der Waals surface area contributed by atoms with Gasteiger partial charge in [-0.3, -0.25) is 4.79 Å². The third-order valence-corrected chi connectivity index (χ3v) is 5.56. The molecule has 1 N–H and O–H groups in total. The van der Waals surface area contributed by atoms with Gasteiger partial charge in [-0.15, -0.1) is 11.3 Å². The van der Waals surface area contributed by atoms with Gasteiger partial charge in [-0.25, -0.2) is 9.78 Å². The van der Waals surface area contributed by atoms with E-state index >= 15 is 0 Å². The summed E-state index contributed by atoms with van der Waals surface area (Å²) in [7, 11) is 0. The number of nitrogens with zero attached hydrogens (tertiary/aromatic N) is 1. The number of esters is 1. The summed E-state index contributed by atoms with van der Waals surface area (Å²) in [6.45, 7) is 1.95. The average molecular weight is 417 g/mol. The molecule has 1 atom stereocenters. The zero-order chi connectivity index (χ0) is 20.9. The Kier molecular flexibility index (Phi) is 5.86. The van der Waals surface area contributed by atoms with Crippen LogP contribution < -0.4 is 5.32 Å². The zero-order valence-electron chi connectivity index (χ0n) is 16.4. The van der Waals surface area contributed by atoms with Crippen molar-refractivity contribution in [3.8, 4) is 10.6 Å². The first kappa shape index (κ1) is 19.8. The minimum Gasteiger partial charge on any atom is -0.449 e. The van der Waals surface area contributed by atoms with Crippen molar-refractivity contribution in [2.45, 2.75) is 19.6 Å². The van der Waals surface area contributed by atoms with Crippen molar-refractivity contribution in [3.05, 3.63) is 89.3 Å². The largest absolute Gasteiger partial charge is 0.449 e. The van der Waals surface area contributed by atoms with Crippen molar-refractivity contribution in [1.82, 2.24) is 10.3 Å². The fourth-order valence-electron chi connectivity index (χ4n) is 3.10. The zero-order valence-corrected chi connectivity index (χ0v) is 17.2. The van der Waals surface area contributed by atoms with E-state index in [0.29, 0.717) is 28.7 Å². The second-order valence-electron chi connectivity index (χ2n) is 6.80. The number of fused-ring (bicyclic) bond motifs is 1. The number of para-hydroxylation sites is 1. The summed E-state index contributed by atoms with van der Waals surface area (Å²) in [6, 6.07) is 22.6. The molecule has 2 heterocycles. The Bertz CT molecular complexity index is 1170. The average Bonchev–Trinajstić information content (AvgIpc) is 3.32. The molecule has 0 fully saturated rings. The van der Waals surface area contributed by atoms with Gasteiger partial charge in [0.15, 0.2) is 6.10 Å². The van der Waals surface area contributed by atoms with Crippen LogP contribution in [0.4, 0.5) is 0 Å². The lowest BCUT2D eigenvalue weighted by Gasteiger charge is -2.15. The van der Waals surface area contributed by atoms with Gasteiger partial charge in [0.2, 0.25) is 0 Å². The van der Waals surface area contributed by atoms with Crippen LogP contribution in [0.1, 0.15) is 22.8 Å². The lowest BCUT2D eigenvalue weighted by molar-refractivity contribution is -0.129. The highest BCUT2D eigenvalue weighted by molar-refractivity contribution is 7.13. The molecular formula is C24H20N2O3S. The highest BCUT2D eigenvalue weighted by Gasteiger charge is 2.21. The van der Waals surface area contributed by atoms with Crippen LogP contribution in [0, 0.1) is 0 Å². The fourth-order valence-corrected chi connectivity index (χ4v) is 3.79. The number of carbonyl (C=O) groups is 2. The summed E-state index contributed by atoms with van der Waals surface area (Å²) in [6.07, 6.45) is -0.918. The molecule has 150 valence electrons. The second-order valence-corrected chi connectivity index (χ2v) is 7.75. The molecule has 4 rings (SSSR count). The number of rotatable bonds is 6. The molecule has 0 aliphatic heterocycles. The number of thiophene rings is 1.